The smallest absolute Gasteiger partial charge is 0.407 e. The van der Waals surface area contributed by atoms with Crippen molar-refractivity contribution in [1.82, 2.24) is 10.6 Å². The predicted octanol–water partition coefficient (Wildman–Crippen LogP) is 2.07. The molecule has 0 aromatic rings. The summed E-state index contributed by atoms with van der Waals surface area (Å²) < 4.78 is 16.4. The summed E-state index contributed by atoms with van der Waals surface area (Å²) in [4.78, 5) is 11.7. The number of rotatable bonds is 8. The molecule has 4 unspecified atom stereocenters. The molecule has 0 saturated heterocycles. The lowest BCUT2D eigenvalue weighted by atomic mass is 9.84. The number of amides is 1. The minimum Gasteiger partial charge on any atom is -0.444 e. The molecule has 22 heavy (non-hydrogen) atoms. The van der Waals surface area contributed by atoms with E-state index in [-0.39, 0.29) is 30.4 Å². The van der Waals surface area contributed by atoms with Crippen molar-refractivity contribution < 1.29 is 19.0 Å². The monoisotopic (exact) mass is 316 g/mol. The molecule has 1 fully saturated rings. The highest BCUT2D eigenvalue weighted by Crippen LogP contribution is 2.27. The van der Waals surface area contributed by atoms with Crippen molar-refractivity contribution >= 4 is 6.09 Å². The second-order valence-corrected chi connectivity index (χ2v) is 6.69. The van der Waals surface area contributed by atoms with E-state index in [9.17, 15) is 4.79 Å². The first-order valence-electron chi connectivity index (χ1n) is 8.18. The topological polar surface area (TPSA) is 68.8 Å². The van der Waals surface area contributed by atoms with Crippen LogP contribution in [0.25, 0.3) is 0 Å². The average molecular weight is 316 g/mol. The molecule has 0 aromatic heterocycles. The van der Waals surface area contributed by atoms with Crippen LogP contribution in [0, 0.1) is 0 Å². The SMILES string of the molecule is CCOC1CC(NC(CC)CNC(=O)OC(C)(C)C)C1OC. The van der Waals surface area contributed by atoms with Crippen LogP contribution in [0.2, 0.25) is 0 Å². The molecule has 2 N–H and O–H groups in total. The molecule has 1 saturated carbocycles. The molecule has 0 radical (unpaired) electrons. The zero-order valence-electron chi connectivity index (χ0n) is 14.8. The van der Waals surface area contributed by atoms with Crippen LogP contribution in [0.4, 0.5) is 4.79 Å². The van der Waals surface area contributed by atoms with Crippen molar-refractivity contribution in [2.45, 2.75) is 77.4 Å². The Bertz CT molecular complexity index is 344. The lowest BCUT2D eigenvalue weighted by molar-refractivity contribution is -0.133. The summed E-state index contributed by atoms with van der Waals surface area (Å²) in [6, 6.07) is 0.463. The molecule has 4 atom stereocenters. The fraction of sp³-hybridized carbons (Fsp3) is 0.938. The number of carbonyl (C=O) groups excluding carboxylic acids is 1. The van der Waals surface area contributed by atoms with E-state index in [2.05, 4.69) is 17.6 Å². The van der Waals surface area contributed by atoms with Crippen LogP contribution in [-0.2, 0) is 14.2 Å². The summed E-state index contributed by atoms with van der Waals surface area (Å²) in [6.07, 6.45) is 1.73. The largest absolute Gasteiger partial charge is 0.444 e. The van der Waals surface area contributed by atoms with Gasteiger partial charge in [0.05, 0.1) is 12.2 Å². The first-order chi connectivity index (χ1) is 10.3. The first kappa shape index (κ1) is 19.2. The molecule has 0 bridgehead atoms. The Morgan fingerprint density at radius 1 is 1.32 bits per heavy atom. The van der Waals surface area contributed by atoms with Gasteiger partial charge in [-0.2, -0.15) is 0 Å². The normalized spacial score (nSPS) is 26.2. The van der Waals surface area contributed by atoms with Crippen LogP contribution in [-0.4, -0.2) is 56.2 Å². The van der Waals surface area contributed by atoms with E-state index in [1.165, 1.54) is 0 Å². The van der Waals surface area contributed by atoms with Gasteiger partial charge in [-0.15, -0.1) is 0 Å². The summed E-state index contributed by atoms with van der Waals surface area (Å²) in [6.45, 7) is 10.9. The van der Waals surface area contributed by atoms with E-state index in [1.807, 2.05) is 27.7 Å². The molecule has 1 aliphatic rings. The van der Waals surface area contributed by atoms with Crippen LogP contribution in [0.5, 0.6) is 0 Å². The summed E-state index contributed by atoms with van der Waals surface area (Å²) in [5, 5.41) is 6.35. The second-order valence-electron chi connectivity index (χ2n) is 6.69. The fourth-order valence-corrected chi connectivity index (χ4v) is 2.58. The molecule has 0 aromatic carbocycles. The maximum atomic E-state index is 11.7. The van der Waals surface area contributed by atoms with Gasteiger partial charge in [0.2, 0.25) is 0 Å². The molecule has 130 valence electrons. The maximum absolute atomic E-state index is 11.7. The number of ether oxygens (including phenoxy) is 3. The summed E-state index contributed by atoms with van der Waals surface area (Å²) in [5.74, 6) is 0. The van der Waals surface area contributed by atoms with E-state index in [4.69, 9.17) is 14.2 Å². The Kier molecular flexibility index (Phi) is 7.59. The lowest BCUT2D eigenvalue weighted by Gasteiger charge is -2.45. The summed E-state index contributed by atoms with van der Waals surface area (Å²) >= 11 is 0. The van der Waals surface area contributed by atoms with Gasteiger partial charge in [-0.3, -0.25) is 0 Å². The molecule has 0 aliphatic heterocycles. The molecule has 6 nitrogen and oxygen atoms in total. The van der Waals surface area contributed by atoms with Gasteiger partial charge >= 0.3 is 6.09 Å². The maximum Gasteiger partial charge on any atom is 0.407 e. The minimum atomic E-state index is -0.473. The van der Waals surface area contributed by atoms with Crippen molar-refractivity contribution in [1.29, 1.82) is 0 Å². The van der Waals surface area contributed by atoms with Crippen LogP contribution in [0.3, 0.4) is 0 Å². The average Bonchev–Trinajstić information content (AvgIpc) is 2.39. The second kappa shape index (κ2) is 8.70. The van der Waals surface area contributed by atoms with E-state index < -0.39 is 5.60 Å². The van der Waals surface area contributed by atoms with E-state index in [0.29, 0.717) is 13.2 Å². The number of nitrogens with one attached hydrogen (secondary N) is 2. The standard InChI is InChI=1S/C16H32N2O4/c1-7-11(10-17-15(19)22-16(3,4)5)18-12-9-13(21-8-2)14(12)20-6/h11-14,18H,7-10H2,1-6H3,(H,17,19). The number of hydrogen-bond donors (Lipinski definition) is 2. The molecule has 6 heteroatoms. The number of methoxy groups -OCH3 is 1. The van der Waals surface area contributed by atoms with Crippen LogP contribution >= 0.6 is 0 Å². The van der Waals surface area contributed by atoms with Crippen molar-refractivity contribution in [2.24, 2.45) is 0 Å². The Labute approximate surface area is 134 Å². The zero-order chi connectivity index (χ0) is 16.8. The van der Waals surface area contributed by atoms with E-state index in [1.54, 1.807) is 7.11 Å². The Balaban J connectivity index is 2.35. The molecule has 1 amide bonds. The van der Waals surface area contributed by atoms with Crippen molar-refractivity contribution in [3.63, 3.8) is 0 Å². The van der Waals surface area contributed by atoms with Crippen LogP contribution in [0.1, 0.15) is 47.5 Å². The van der Waals surface area contributed by atoms with Gasteiger partial charge in [-0.05, 0) is 40.5 Å². The van der Waals surface area contributed by atoms with Gasteiger partial charge in [0.1, 0.15) is 5.60 Å². The molecule has 0 spiro atoms. The summed E-state index contributed by atoms with van der Waals surface area (Å²) in [5.41, 5.74) is -0.473. The quantitative estimate of drug-likeness (QED) is 0.717. The number of carbonyl (C=O) groups is 1. The molecule has 1 aliphatic carbocycles. The molecular weight excluding hydrogens is 284 g/mol. The van der Waals surface area contributed by atoms with E-state index in [0.717, 1.165) is 12.8 Å². The molecule has 1 rings (SSSR count). The van der Waals surface area contributed by atoms with Gasteiger partial charge < -0.3 is 24.8 Å². The highest BCUT2D eigenvalue weighted by atomic mass is 16.6. The van der Waals surface area contributed by atoms with Gasteiger partial charge in [0.25, 0.3) is 0 Å². The highest BCUT2D eigenvalue weighted by molar-refractivity contribution is 5.67. The first-order valence-corrected chi connectivity index (χ1v) is 8.18. The highest BCUT2D eigenvalue weighted by Gasteiger charge is 2.42. The third kappa shape index (κ3) is 6.10. The van der Waals surface area contributed by atoms with Crippen LogP contribution < -0.4 is 10.6 Å². The fourth-order valence-electron chi connectivity index (χ4n) is 2.58. The van der Waals surface area contributed by atoms with Gasteiger partial charge in [0, 0.05) is 32.3 Å². The molecular formula is C16H32N2O4. The third-order valence-electron chi connectivity index (χ3n) is 3.74. The van der Waals surface area contributed by atoms with Gasteiger partial charge in [-0.1, -0.05) is 6.92 Å². The third-order valence-corrected chi connectivity index (χ3v) is 3.74. The van der Waals surface area contributed by atoms with Gasteiger partial charge in [0.15, 0.2) is 0 Å². The van der Waals surface area contributed by atoms with E-state index >= 15 is 0 Å². The van der Waals surface area contributed by atoms with Crippen molar-refractivity contribution in [2.75, 3.05) is 20.3 Å². The van der Waals surface area contributed by atoms with Crippen LogP contribution in [0.15, 0.2) is 0 Å². The number of alkyl carbamates (subject to hydrolysis) is 1. The Morgan fingerprint density at radius 3 is 2.50 bits per heavy atom. The Hall–Kier alpha value is -0.850. The van der Waals surface area contributed by atoms with Crippen molar-refractivity contribution in [3.8, 4) is 0 Å². The Morgan fingerprint density at radius 2 is 2.00 bits per heavy atom. The number of hydrogen-bond acceptors (Lipinski definition) is 5. The van der Waals surface area contributed by atoms with Gasteiger partial charge in [-0.25, -0.2) is 4.79 Å². The van der Waals surface area contributed by atoms with Crippen molar-refractivity contribution in [3.05, 3.63) is 0 Å². The minimum absolute atomic E-state index is 0.0792. The predicted molar refractivity (Wildman–Crippen MR) is 86.1 cm³/mol. The lowest BCUT2D eigenvalue weighted by Crippen LogP contribution is -2.62. The molecule has 0 heterocycles. The zero-order valence-corrected chi connectivity index (χ0v) is 14.8. The summed E-state index contributed by atoms with van der Waals surface area (Å²) in [7, 11) is 1.71.